The van der Waals surface area contributed by atoms with E-state index in [-0.39, 0.29) is 5.15 Å². The summed E-state index contributed by atoms with van der Waals surface area (Å²) in [7, 11) is 1.48. The van der Waals surface area contributed by atoms with Crippen molar-refractivity contribution in [3.63, 3.8) is 0 Å². The first kappa shape index (κ1) is 15.4. The molecule has 0 aliphatic rings. The molecule has 0 saturated heterocycles. The van der Waals surface area contributed by atoms with Gasteiger partial charge in [0.25, 0.3) is 0 Å². The van der Waals surface area contributed by atoms with Crippen LogP contribution >= 0.6 is 11.6 Å². The molecule has 19 heavy (non-hydrogen) atoms. The average molecular weight is 285 g/mol. The number of carbonyl (C=O) groups is 2. The van der Waals surface area contributed by atoms with Gasteiger partial charge in [0, 0.05) is 18.8 Å². The van der Waals surface area contributed by atoms with Crippen LogP contribution in [-0.4, -0.2) is 34.9 Å². The lowest BCUT2D eigenvalue weighted by atomic mass is 10.1. The predicted molar refractivity (Wildman–Crippen MR) is 72.0 cm³/mol. The van der Waals surface area contributed by atoms with Crippen molar-refractivity contribution in [2.75, 3.05) is 7.05 Å². The van der Waals surface area contributed by atoms with E-state index < -0.39 is 17.7 Å². The summed E-state index contributed by atoms with van der Waals surface area (Å²) in [6.07, 6.45) is 1.55. The number of hydrogen-bond donors (Lipinski definition) is 0. The Hall–Kier alpha value is -1.62. The molecule has 0 aliphatic heterocycles. The van der Waals surface area contributed by atoms with Gasteiger partial charge < -0.3 is 9.53 Å². The minimum Gasteiger partial charge on any atom is -0.444 e. The van der Waals surface area contributed by atoms with Crippen LogP contribution in [0.1, 0.15) is 32.4 Å². The van der Waals surface area contributed by atoms with Gasteiger partial charge in [0.2, 0.25) is 0 Å². The van der Waals surface area contributed by atoms with Crippen LogP contribution in [0.25, 0.3) is 0 Å². The molecule has 6 heteroatoms. The van der Waals surface area contributed by atoms with Gasteiger partial charge in [-0.3, -0.25) is 4.90 Å². The zero-order valence-corrected chi connectivity index (χ0v) is 12.1. The summed E-state index contributed by atoms with van der Waals surface area (Å²) in [4.78, 5) is 28.2. The number of nitrogens with zero attached hydrogens (tertiary/aromatic N) is 2. The number of likely N-dealkylation sites (N-methyl/N-ethyl adjacent to an activating group) is 1. The quantitative estimate of drug-likeness (QED) is 0.632. The predicted octanol–water partition coefficient (Wildman–Crippen LogP) is 2.84. The van der Waals surface area contributed by atoms with Crippen molar-refractivity contribution in [1.82, 2.24) is 9.88 Å². The van der Waals surface area contributed by atoms with E-state index in [1.165, 1.54) is 18.1 Å². The van der Waals surface area contributed by atoms with Crippen LogP contribution in [0.2, 0.25) is 5.15 Å². The minimum absolute atomic E-state index is 0.190. The van der Waals surface area contributed by atoms with E-state index in [1.54, 1.807) is 32.9 Å². The highest BCUT2D eigenvalue weighted by Gasteiger charge is 2.27. The van der Waals surface area contributed by atoms with Crippen LogP contribution in [-0.2, 0) is 9.53 Å². The molecule has 1 amide bonds. The van der Waals surface area contributed by atoms with Crippen molar-refractivity contribution in [3.05, 3.63) is 29.0 Å². The third-order valence-corrected chi connectivity index (χ3v) is 2.65. The highest BCUT2D eigenvalue weighted by molar-refractivity contribution is 6.30. The summed E-state index contributed by atoms with van der Waals surface area (Å²) >= 11 is 5.93. The standard InChI is InChI=1S/C13H17ClN2O3/c1-13(2,3)19-12(18)16(4)10(8-17)9-6-5-7-15-11(9)14/h5-8,10H,1-4H3. The van der Waals surface area contributed by atoms with Crippen LogP contribution in [0.15, 0.2) is 18.3 Å². The number of aldehydes is 1. The largest absolute Gasteiger partial charge is 0.444 e. The van der Waals surface area contributed by atoms with E-state index in [1.807, 2.05) is 0 Å². The smallest absolute Gasteiger partial charge is 0.410 e. The van der Waals surface area contributed by atoms with Gasteiger partial charge in [0.05, 0.1) is 0 Å². The number of aromatic nitrogens is 1. The van der Waals surface area contributed by atoms with Crippen LogP contribution in [0.5, 0.6) is 0 Å². The van der Waals surface area contributed by atoms with Crippen molar-refractivity contribution in [3.8, 4) is 0 Å². The Labute approximate surface area is 117 Å². The van der Waals surface area contributed by atoms with Crippen molar-refractivity contribution < 1.29 is 14.3 Å². The number of pyridine rings is 1. The van der Waals surface area contributed by atoms with Gasteiger partial charge in [0.1, 0.15) is 23.1 Å². The van der Waals surface area contributed by atoms with E-state index in [9.17, 15) is 9.59 Å². The maximum atomic E-state index is 11.9. The molecule has 1 heterocycles. The number of ether oxygens (including phenoxy) is 1. The third-order valence-electron chi connectivity index (χ3n) is 2.33. The molecule has 0 fully saturated rings. The minimum atomic E-state index is -0.823. The van der Waals surface area contributed by atoms with E-state index in [0.717, 1.165) is 0 Å². The number of halogens is 1. The molecule has 1 atom stereocenters. The molecule has 1 aromatic rings. The fraction of sp³-hybridized carbons (Fsp3) is 0.462. The van der Waals surface area contributed by atoms with E-state index in [2.05, 4.69) is 4.98 Å². The van der Waals surface area contributed by atoms with Crippen molar-refractivity contribution in [2.24, 2.45) is 0 Å². The number of amides is 1. The van der Waals surface area contributed by atoms with Gasteiger partial charge in [0.15, 0.2) is 0 Å². The molecule has 1 rings (SSSR count). The van der Waals surface area contributed by atoms with Crippen LogP contribution in [0.3, 0.4) is 0 Å². The summed E-state index contributed by atoms with van der Waals surface area (Å²) in [5.41, 5.74) is -0.162. The number of hydrogen-bond acceptors (Lipinski definition) is 4. The van der Waals surface area contributed by atoms with E-state index in [0.29, 0.717) is 11.8 Å². The summed E-state index contributed by atoms with van der Waals surface area (Å²) < 4.78 is 5.21. The molecule has 104 valence electrons. The lowest BCUT2D eigenvalue weighted by molar-refractivity contribution is -0.112. The molecule has 0 spiro atoms. The zero-order chi connectivity index (χ0) is 14.6. The second-order valence-electron chi connectivity index (χ2n) is 5.06. The van der Waals surface area contributed by atoms with Gasteiger partial charge in [-0.2, -0.15) is 0 Å². The molecule has 1 aromatic heterocycles. The van der Waals surface area contributed by atoms with Crippen LogP contribution < -0.4 is 0 Å². The first-order valence-electron chi connectivity index (χ1n) is 5.78. The van der Waals surface area contributed by atoms with Crippen LogP contribution in [0.4, 0.5) is 4.79 Å². The number of carbonyl (C=O) groups excluding carboxylic acids is 2. The fourth-order valence-corrected chi connectivity index (χ4v) is 1.67. The Morgan fingerprint density at radius 2 is 2.16 bits per heavy atom. The second kappa shape index (κ2) is 6.02. The van der Waals surface area contributed by atoms with Crippen molar-refractivity contribution in [2.45, 2.75) is 32.4 Å². The average Bonchev–Trinajstić information content (AvgIpc) is 2.30. The molecular weight excluding hydrogens is 268 g/mol. The first-order valence-corrected chi connectivity index (χ1v) is 6.15. The Kier molecular flexibility index (Phi) is 4.89. The van der Waals surface area contributed by atoms with Gasteiger partial charge in [-0.15, -0.1) is 0 Å². The van der Waals surface area contributed by atoms with Gasteiger partial charge in [-0.05, 0) is 26.8 Å². The second-order valence-corrected chi connectivity index (χ2v) is 5.41. The molecule has 0 bridgehead atoms. The van der Waals surface area contributed by atoms with Crippen molar-refractivity contribution in [1.29, 1.82) is 0 Å². The molecule has 0 N–H and O–H groups in total. The maximum absolute atomic E-state index is 11.9. The third kappa shape index (κ3) is 4.21. The number of rotatable bonds is 3. The molecule has 1 unspecified atom stereocenters. The van der Waals surface area contributed by atoms with Gasteiger partial charge in [-0.25, -0.2) is 9.78 Å². The Bertz CT molecular complexity index is 471. The fourth-order valence-electron chi connectivity index (χ4n) is 1.44. The van der Waals surface area contributed by atoms with Gasteiger partial charge >= 0.3 is 6.09 Å². The summed E-state index contributed by atoms with van der Waals surface area (Å²) in [5.74, 6) is 0. The normalized spacial score (nSPS) is 12.7. The first-order chi connectivity index (χ1) is 8.76. The van der Waals surface area contributed by atoms with Crippen molar-refractivity contribution >= 4 is 24.0 Å². The lowest BCUT2D eigenvalue weighted by Crippen LogP contribution is -2.37. The molecule has 0 aromatic carbocycles. The molecule has 0 radical (unpaired) electrons. The topological polar surface area (TPSA) is 59.5 Å². The SMILES string of the molecule is CN(C(=O)OC(C)(C)C)C(C=O)c1cccnc1Cl. The Balaban J connectivity index is 2.95. The van der Waals surface area contributed by atoms with E-state index in [4.69, 9.17) is 16.3 Å². The molecule has 0 aliphatic carbocycles. The summed E-state index contributed by atoms with van der Waals surface area (Å²) in [6, 6.07) is 2.48. The molecule has 0 saturated carbocycles. The highest BCUT2D eigenvalue weighted by Crippen LogP contribution is 2.24. The summed E-state index contributed by atoms with van der Waals surface area (Å²) in [6.45, 7) is 5.27. The van der Waals surface area contributed by atoms with Gasteiger partial charge in [-0.1, -0.05) is 17.7 Å². The lowest BCUT2D eigenvalue weighted by Gasteiger charge is -2.28. The monoisotopic (exact) mass is 284 g/mol. The maximum Gasteiger partial charge on any atom is 0.410 e. The van der Waals surface area contributed by atoms with Crippen LogP contribution in [0, 0.1) is 0 Å². The Morgan fingerprint density at radius 1 is 1.53 bits per heavy atom. The highest BCUT2D eigenvalue weighted by atomic mass is 35.5. The molecular formula is C13H17ClN2O3. The zero-order valence-electron chi connectivity index (χ0n) is 11.4. The summed E-state index contributed by atoms with van der Waals surface area (Å²) in [5, 5.41) is 0.190. The molecule has 5 nitrogen and oxygen atoms in total. The van der Waals surface area contributed by atoms with E-state index >= 15 is 0 Å². The Morgan fingerprint density at radius 3 is 2.63 bits per heavy atom.